The summed E-state index contributed by atoms with van der Waals surface area (Å²) in [6, 6.07) is 15.1. The summed E-state index contributed by atoms with van der Waals surface area (Å²) in [4.78, 5) is 19.9. The average Bonchev–Trinajstić information content (AvgIpc) is 3.25. The Balaban J connectivity index is 1.34. The molecule has 156 valence electrons. The molecular formula is C24H27ClN4O. The van der Waals surface area contributed by atoms with Crippen LogP contribution in [0.15, 0.2) is 61.2 Å². The van der Waals surface area contributed by atoms with Crippen LogP contribution in [0.5, 0.6) is 0 Å². The molecule has 1 aliphatic rings. The maximum absolute atomic E-state index is 11.5. The van der Waals surface area contributed by atoms with E-state index in [2.05, 4.69) is 46.3 Å². The maximum atomic E-state index is 11.5. The fraction of sp³-hybridized carbons (Fsp3) is 0.333. The largest absolute Gasteiger partial charge is 0.368 e. The molecule has 3 aromatic rings. The topological polar surface area (TPSA) is 41.4 Å². The Hall–Kier alpha value is -2.79. The van der Waals surface area contributed by atoms with Crippen molar-refractivity contribution in [3.63, 3.8) is 0 Å². The smallest absolute Gasteiger partial charge is 0.219 e. The number of piperazine rings is 1. The summed E-state index contributed by atoms with van der Waals surface area (Å²) >= 11 is 6.35. The van der Waals surface area contributed by atoms with E-state index in [-0.39, 0.29) is 5.91 Å². The van der Waals surface area contributed by atoms with Crippen LogP contribution in [-0.2, 0) is 24.2 Å². The van der Waals surface area contributed by atoms with E-state index in [9.17, 15) is 4.79 Å². The number of hydrogen-bond acceptors (Lipinski definition) is 3. The second kappa shape index (κ2) is 9.35. The van der Waals surface area contributed by atoms with Gasteiger partial charge in [-0.15, -0.1) is 0 Å². The van der Waals surface area contributed by atoms with Gasteiger partial charge < -0.3 is 14.4 Å². The quantitative estimate of drug-likeness (QED) is 0.602. The Morgan fingerprint density at radius 1 is 0.967 bits per heavy atom. The minimum atomic E-state index is 0.166. The minimum Gasteiger partial charge on any atom is -0.368 e. The number of benzene rings is 2. The molecule has 2 heterocycles. The lowest BCUT2D eigenvalue weighted by Gasteiger charge is -2.35. The molecule has 4 rings (SSSR count). The van der Waals surface area contributed by atoms with Crippen LogP contribution in [0.2, 0.25) is 5.02 Å². The SMILES string of the molecule is CC(=O)N1CCN(c2ccc(CCc3cc(Cl)cc(Cn4ccnc4)c3)cc2)CC1. The molecular weight excluding hydrogens is 396 g/mol. The Bertz CT molecular complexity index is 977. The Morgan fingerprint density at radius 3 is 2.33 bits per heavy atom. The molecule has 0 atom stereocenters. The molecule has 2 aromatic carbocycles. The first-order valence-electron chi connectivity index (χ1n) is 10.4. The van der Waals surface area contributed by atoms with Crippen LogP contribution in [0.4, 0.5) is 5.69 Å². The zero-order chi connectivity index (χ0) is 20.9. The number of aryl methyl sites for hydroxylation is 2. The van der Waals surface area contributed by atoms with Gasteiger partial charge in [-0.1, -0.05) is 29.8 Å². The van der Waals surface area contributed by atoms with Crippen molar-refractivity contribution in [2.75, 3.05) is 31.1 Å². The molecule has 0 unspecified atom stereocenters. The van der Waals surface area contributed by atoms with Crippen LogP contribution in [0.25, 0.3) is 0 Å². The highest BCUT2D eigenvalue weighted by atomic mass is 35.5. The van der Waals surface area contributed by atoms with E-state index in [4.69, 9.17) is 11.6 Å². The molecule has 1 amide bonds. The van der Waals surface area contributed by atoms with Crippen LogP contribution >= 0.6 is 11.6 Å². The molecule has 0 bridgehead atoms. The van der Waals surface area contributed by atoms with Crippen LogP contribution < -0.4 is 4.90 Å². The van der Waals surface area contributed by atoms with Crippen molar-refractivity contribution in [3.8, 4) is 0 Å². The molecule has 1 aromatic heterocycles. The molecule has 0 aliphatic carbocycles. The number of carbonyl (C=O) groups excluding carboxylic acids is 1. The highest BCUT2D eigenvalue weighted by Gasteiger charge is 2.18. The van der Waals surface area contributed by atoms with E-state index in [1.807, 2.05) is 28.1 Å². The third kappa shape index (κ3) is 5.22. The monoisotopic (exact) mass is 422 g/mol. The number of aromatic nitrogens is 2. The van der Waals surface area contributed by atoms with Crippen molar-refractivity contribution >= 4 is 23.2 Å². The number of amides is 1. The molecule has 0 radical (unpaired) electrons. The van der Waals surface area contributed by atoms with E-state index < -0.39 is 0 Å². The van der Waals surface area contributed by atoms with E-state index >= 15 is 0 Å². The van der Waals surface area contributed by atoms with E-state index in [1.54, 1.807) is 13.1 Å². The first-order valence-corrected chi connectivity index (χ1v) is 10.8. The molecule has 1 fully saturated rings. The van der Waals surface area contributed by atoms with Gasteiger partial charge >= 0.3 is 0 Å². The number of nitrogens with zero attached hydrogens (tertiary/aromatic N) is 4. The van der Waals surface area contributed by atoms with Gasteiger partial charge in [-0.3, -0.25) is 4.79 Å². The molecule has 5 nitrogen and oxygen atoms in total. The Morgan fingerprint density at radius 2 is 1.67 bits per heavy atom. The van der Waals surface area contributed by atoms with Gasteiger partial charge in [0.25, 0.3) is 0 Å². The third-order valence-electron chi connectivity index (χ3n) is 5.67. The van der Waals surface area contributed by atoms with E-state index in [1.165, 1.54) is 22.4 Å². The third-order valence-corrected chi connectivity index (χ3v) is 5.89. The van der Waals surface area contributed by atoms with E-state index in [0.717, 1.165) is 50.6 Å². The normalized spacial score (nSPS) is 14.2. The molecule has 0 N–H and O–H groups in total. The second-order valence-electron chi connectivity index (χ2n) is 7.86. The van der Waals surface area contributed by atoms with Crippen LogP contribution in [-0.4, -0.2) is 46.5 Å². The van der Waals surface area contributed by atoms with Gasteiger partial charge in [-0.2, -0.15) is 0 Å². The van der Waals surface area contributed by atoms with Gasteiger partial charge in [-0.05, 0) is 53.8 Å². The van der Waals surface area contributed by atoms with Gasteiger partial charge in [0, 0.05) is 62.8 Å². The summed E-state index contributed by atoms with van der Waals surface area (Å²) < 4.78 is 2.05. The van der Waals surface area contributed by atoms with Gasteiger partial charge in [0.1, 0.15) is 0 Å². The Kier molecular flexibility index (Phi) is 6.38. The van der Waals surface area contributed by atoms with Crippen molar-refractivity contribution in [2.45, 2.75) is 26.3 Å². The summed E-state index contributed by atoms with van der Waals surface area (Å²) in [6.45, 7) is 5.80. The summed E-state index contributed by atoms with van der Waals surface area (Å²) in [7, 11) is 0. The summed E-state index contributed by atoms with van der Waals surface area (Å²) in [6.07, 6.45) is 7.50. The minimum absolute atomic E-state index is 0.166. The summed E-state index contributed by atoms with van der Waals surface area (Å²) in [5.41, 5.74) is 4.99. The lowest BCUT2D eigenvalue weighted by molar-refractivity contribution is -0.129. The van der Waals surface area contributed by atoms with Gasteiger partial charge in [-0.25, -0.2) is 4.98 Å². The first kappa shape index (κ1) is 20.5. The van der Waals surface area contributed by atoms with Crippen LogP contribution in [0.3, 0.4) is 0 Å². The lowest BCUT2D eigenvalue weighted by Crippen LogP contribution is -2.48. The highest BCUT2D eigenvalue weighted by Crippen LogP contribution is 2.20. The number of carbonyl (C=O) groups is 1. The highest BCUT2D eigenvalue weighted by molar-refractivity contribution is 6.30. The zero-order valence-corrected chi connectivity index (χ0v) is 18.1. The molecule has 30 heavy (non-hydrogen) atoms. The second-order valence-corrected chi connectivity index (χ2v) is 8.30. The van der Waals surface area contributed by atoms with Gasteiger partial charge in [0.15, 0.2) is 0 Å². The number of hydrogen-bond donors (Lipinski definition) is 0. The summed E-state index contributed by atoms with van der Waals surface area (Å²) in [5, 5.41) is 0.780. The van der Waals surface area contributed by atoms with Crippen molar-refractivity contribution in [3.05, 3.63) is 82.9 Å². The number of rotatable bonds is 6. The van der Waals surface area contributed by atoms with Crippen LogP contribution in [0, 0.1) is 0 Å². The van der Waals surface area contributed by atoms with Crippen LogP contribution in [0.1, 0.15) is 23.6 Å². The van der Waals surface area contributed by atoms with Crippen molar-refractivity contribution in [1.29, 1.82) is 0 Å². The van der Waals surface area contributed by atoms with Gasteiger partial charge in [0.2, 0.25) is 5.91 Å². The predicted molar refractivity (Wildman–Crippen MR) is 121 cm³/mol. The maximum Gasteiger partial charge on any atom is 0.219 e. The van der Waals surface area contributed by atoms with Gasteiger partial charge in [0.05, 0.1) is 6.33 Å². The molecule has 0 spiro atoms. The Labute approximate surface area is 182 Å². The van der Waals surface area contributed by atoms with Crippen molar-refractivity contribution in [1.82, 2.24) is 14.5 Å². The molecule has 6 heteroatoms. The number of anilines is 1. The standard InChI is InChI=1S/C24H27ClN4O/c1-19(30)28-10-12-29(13-11-28)24-6-4-20(5-7-24)2-3-21-14-22(16-23(25)15-21)17-27-9-8-26-18-27/h4-9,14-16,18H,2-3,10-13,17H2,1H3. The van der Waals surface area contributed by atoms with E-state index in [0.29, 0.717) is 0 Å². The molecule has 0 saturated carbocycles. The van der Waals surface area contributed by atoms with Crippen molar-refractivity contribution in [2.24, 2.45) is 0 Å². The fourth-order valence-corrected chi connectivity index (χ4v) is 4.27. The van der Waals surface area contributed by atoms with Crippen molar-refractivity contribution < 1.29 is 4.79 Å². The zero-order valence-electron chi connectivity index (χ0n) is 17.3. The molecule has 1 aliphatic heterocycles. The predicted octanol–water partition coefficient (Wildman–Crippen LogP) is 4.04. The average molecular weight is 423 g/mol. The number of halogens is 1. The molecule has 1 saturated heterocycles. The fourth-order valence-electron chi connectivity index (χ4n) is 3.99. The number of imidazole rings is 1. The lowest BCUT2D eigenvalue weighted by atomic mass is 10.0. The first-order chi connectivity index (χ1) is 14.6. The summed E-state index contributed by atoms with van der Waals surface area (Å²) in [5.74, 6) is 0.166.